The van der Waals surface area contributed by atoms with Gasteiger partial charge in [-0.05, 0) is 23.5 Å². The molecule has 0 amide bonds. The van der Waals surface area contributed by atoms with Gasteiger partial charge < -0.3 is 4.74 Å². The fourth-order valence-electron chi connectivity index (χ4n) is 2.03. The maximum absolute atomic E-state index is 11.8. The summed E-state index contributed by atoms with van der Waals surface area (Å²) in [6, 6.07) is 9.36. The van der Waals surface area contributed by atoms with E-state index in [-0.39, 0.29) is 17.9 Å². The summed E-state index contributed by atoms with van der Waals surface area (Å²) in [5, 5.41) is 0. The SMILES string of the molecule is CC(C)C(OC(=O)C(=O)/C=C/c1ccccc1)C(C)C. The zero-order valence-corrected chi connectivity index (χ0v) is 12.5. The monoisotopic (exact) mass is 274 g/mol. The summed E-state index contributed by atoms with van der Waals surface area (Å²) in [5.74, 6) is -1.04. The molecule has 20 heavy (non-hydrogen) atoms. The molecule has 3 nitrogen and oxygen atoms in total. The second kappa shape index (κ2) is 7.63. The molecule has 0 saturated carbocycles. The number of carbonyl (C=O) groups excluding carboxylic acids is 2. The van der Waals surface area contributed by atoms with Crippen LogP contribution in [-0.4, -0.2) is 17.9 Å². The number of rotatable bonds is 6. The molecule has 1 rings (SSSR count). The molecule has 0 heterocycles. The maximum Gasteiger partial charge on any atom is 0.379 e. The second-order valence-electron chi connectivity index (χ2n) is 5.47. The number of hydrogen-bond donors (Lipinski definition) is 0. The summed E-state index contributed by atoms with van der Waals surface area (Å²) in [6.07, 6.45) is 2.63. The Morgan fingerprint density at radius 3 is 2.05 bits per heavy atom. The van der Waals surface area contributed by atoms with E-state index in [9.17, 15) is 9.59 Å². The van der Waals surface area contributed by atoms with Gasteiger partial charge in [0.05, 0.1) is 0 Å². The molecule has 0 N–H and O–H groups in total. The molecule has 0 fully saturated rings. The van der Waals surface area contributed by atoms with E-state index in [1.54, 1.807) is 6.08 Å². The molecular formula is C17H22O3. The van der Waals surface area contributed by atoms with E-state index in [2.05, 4.69) is 0 Å². The molecule has 108 valence electrons. The van der Waals surface area contributed by atoms with E-state index < -0.39 is 11.8 Å². The predicted molar refractivity (Wildman–Crippen MR) is 80.0 cm³/mol. The van der Waals surface area contributed by atoms with E-state index in [0.717, 1.165) is 5.56 Å². The van der Waals surface area contributed by atoms with E-state index >= 15 is 0 Å². The minimum absolute atomic E-state index is 0.185. The zero-order chi connectivity index (χ0) is 15.1. The van der Waals surface area contributed by atoms with Gasteiger partial charge in [-0.15, -0.1) is 0 Å². The lowest BCUT2D eigenvalue weighted by Crippen LogP contribution is -2.31. The van der Waals surface area contributed by atoms with Crippen molar-refractivity contribution in [3.8, 4) is 0 Å². The number of hydrogen-bond acceptors (Lipinski definition) is 3. The topological polar surface area (TPSA) is 43.4 Å². The summed E-state index contributed by atoms with van der Waals surface area (Å²) in [5.41, 5.74) is 0.873. The van der Waals surface area contributed by atoms with Crippen LogP contribution in [0.1, 0.15) is 33.3 Å². The molecule has 3 heteroatoms. The van der Waals surface area contributed by atoms with Gasteiger partial charge in [0.15, 0.2) is 0 Å². The number of ketones is 1. The van der Waals surface area contributed by atoms with Gasteiger partial charge in [-0.1, -0.05) is 64.1 Å². The average Bonchev–Trinajstić information content (AvgIpc) is 2.42. The highest BCUT2D eigenvalue weighted by molar-refractivity contribution is 6.39. The molecule has 0 radical (unpaired) electrons. The quantitative estimate of drug-likeness (QED) is 0.453. The second-order valence-corrected chi connectivity index (χ2v) is 5.47. The lowest BCUT2D eigenvalue weighted by atomic mass is 9.96. The third-order valence-electron chi connectivity index (χ3n) is 2.99. The first-order valence-electron chi connectivity index (χ1n) is 6.90. The van der Waals surface area contributed by atoms with Crippen molar-refractivity contribution >= 4 is 17.8 Å². The van der Waals surface area contributed by atoms with Crippen molar-refractivity contribution in [2.75, 3.05) is 0 Å². The van der Waals surface area contributed by atoms with Crippen molar-refractivity contribution in [1.82, 2.24) is 0 Å². The number of esters is 1. The van der Waals surface area contributed by atoms with Crippen molar-refractivity contribution in [3.05, 3.63) is 42.0 Å². The first-order valence-corrected chi connectivity index (χ1v) is 6.90. The Labute approximate surface area is 120 Å². The van der Waals surface area contributed by atoms with Gasteiger partial charge in [0, 0.05) is 0 Å². The van der Waals surface area contributed by atoms with E-state index in [4.69, 9.17) is 4.74 Å². The lowest BCUT2D eigenvalue weighted by Gasteiger charge is -2.24. The minimum atomic E-state index is -0.787. The van der Waals surface area contributed by atoms with Gasteiger partial charge >= 0.3 is 5.97 Å². The summed E-state index contributed by atoms with van der Waals surface area (Å²) < 4.78 is 5.28. The van der Waals surface area contributed by atoms with E-state index in [1.807, 2.05) is 58.0 Å². The van der Waals surface area contributed by atoms with Crippen LogP contribution in [0, 0.1) is 11.8 Å². The Kier molecular flexibility index (Phi) is 6.16. The highest BCUT2D eigenvalue weighted by Crippen LogP contribution is 2.16. The van der Waals surface area contributed by atoms with Gasteiger partial charge in [-0.2, -0.15) is 0 Å². The zero-order valence-electron chi connectivity index (χ0n) is 12.5. The van der Waals surface area contributed by atoms with Crippen LogP contribution in [-0.2, 0) is 14.3 Å². The number of benzene rings is 1. The minimum Gasteiger partial charge on any atom is -0.456 e. The van der Waals surface area contributed by atoms with Crippen molar-refractivity contribution in [3.63, 3.8) is 0 Å². The largest absolute Gasteiger partial charge is 0.456 e. The fraction of sp³-hybridized carbons (Fsp3) is 0.412. The Morgan fingerprint density at radius 2 is 1.55 bits per heavy atom. The highest BCUT2D eigenvalue weighted by atomic mass is 16.5. The predicted octanol–water partition coefficient (Wildman–Crippen LogP) is 3.49. The molecule has 1 aromatic rings. The molecule has 0 aliphatic heterocycles. The van der Waals surface area contributed by atoms with Crippen LogP contribution in [0.15, 0.2) is 36.4 Å². The molecule has 0 unspecified atom stereocenters. The molecule has 0 aromatic heterocycles. The molecular weight excluding hydrogens is 252 g/mol. The smallest absolute Gasteiger partial charge is 0.379 e. The van der Waals surface area contributed by atoms with Crippen LogP contribution in [0.2, 0.25) is 0 Å². The first-order chi connectivity index (χ1) is 9.41. The average molecular weight is 274 g/mol. The molecule has 0 atom stereocenters. The number of carbonyl (C=O) groups is 2. The van der Waals surface area contributed by atoms with Gasteiger partial charge in [-0.3, -0.25) is 4.79 Å². The molecule has 1 aromatic carbocycles. The number of ether oxygens (including phenoxy) is 1. The molecule has 0 spiro atoms. The summed E-state index contributed by atoms with van der Waals surface area (Å²) in [6.45, 7) is 7.90. The van der Waals surface area contributed by atoms with Crippen LogP contribution >= 0.6 is 0 Å². The standard InChI is InChI=1S/C17H22O3/c1-12(2)16(13(3)4)20-17(19)15(18)11-10-14-8-6-5-7-9-14/h5-13,16H,1-4H3/b11-10+. The first kappa shape index (κ1) is 16.2. The van der Waals surface area contributed by atoms with E-state index in [0.29, 0.717) is 0 Å². The Bertz CT molecular complexity index is 464. The maximum atomic E-state index is 11.8. The summed E-state index contributed by atoms with van der Waals surface area (Å²) in [4.78, 5) is 23.5. The Balaban J connectivity index is 2.63. The third kappa shape index (κ3) is 5.00. The van der Waals surface area contributed by atoms with Crippen LogP contribution in [0.5, 0.6) is 0 Å². The van der Waals surface area contributed by atoms with Gasteiger partial charge in [0.1, 0.15) is 6.10 Å². The van der Waals surface area contributed by atoms with Crippen molar-refractivity contribution in [1.29, 1.82) is 0 Å². The van der Waals surface area contributed by atoms with Crippen LogP contribution in [0.4, 0.5) is 0 Å². The molecule has 0 aliphatic rings. The molecule has 0 saturated heterocycles. The van der Waals surface area contributed by atoms with Crippen LogP contribution in [0.25, 0.3) is 6.08 Å². The van der Waals surface area contributed by atoms with Gasteiger partial charge in [0.25, 0.3) is 5.78 Å². The Morgan fingerprint density at radius 1 is 1.00 bits per heavy atom. The summed E-state index contributed by atoms with van der Waals surface area (Å²) >= 11 is 0. The van der Waals surface area contributed by atoms with Gasteiger partial charge in [0.2, 0.25) is 0 Å². The van der Waals surface area contributed by atoms with Crippen LogP contribution in [0.3, 0.4) is 0 Å². The normalized spacial score (nSPS) is 11.6. The van der Waals surface area contributed by atoms with E-state index in [1.165, 1.54) is 6.08 Å². The lowest BCUT2D eigenvalue weighted by molar-refractivity contribution is -0.159. The fourth-order valence-corrected chi connectivity index (χ4v) is 2.03. The van der Waals surface area contributed by atoms with Crippen LogP contribution < -0.4 is 0 Å². The third-order valence-corrected chi connectivity index (χ3v) is 2.99. The molecule has 0 bridgehead atoms. The van der Waals surface area contributed by atoms with Crippen molar-refractivity contribution < 1.29 is 14.3 Å². The van der Waals surface area contributed by atoms with Gasteiger partial charge in [-0.25, -0.2) is 4.79 Å². The van der Waals surface area contributed by atoms with Crippen molar-refractivity contribution in [2.24, 2.45) is 11.8 Å². The summed E-state index contributed by atoms with van der Waals surface area (Å²) in [7, 11) is 0. The van der Waals surface area contributed by atoms with Crippen molar-refractivity contribution in [2.45, 2.75) is 33.8 Å². The Hall–Kier alpha value is -1.90. The highest BCUT2D eigenvalue weighted by Gasteiger charge is 2.24. The molecule has 0 aliphatic carbocycles.